The Kier molecular flexibility index (Phi) is 7.08. The second kappa shape index (κ2) is 10.4. The van der Waals surface area contributed by atoms with Gasteiger partial charge < -0.3 is 14.5 Å². The summed E-state index contributed by atoms with van der Waals surface area (Å²) in [5.41, 5.74) is 1.68. The zero-order valence-corrected chi connectivity index (χ0v) is 20.4. The molecule has 178 valence electrons. The Labute approximate surface area is 208 Å². The number of amides is 2. The van der Waals surface area contributed by atoms with Crippen LogP contribution in [-0.4, -0.2) is 89.2 Å². The number of benzene rings is 2. The number of thioether (sulfide) groups is 1. The largest absolute Gasteiger partial charge is 0.489 e. The van der Waals surface area contributed by atoms with Crippen LogP contribution in [0.3, 0.4) is 0 Å². The van der Waals surface area contributed by atoms with E-state index < -0.39 is 0 Å². The van der Waals surface area contributed by atoms with E-state index in [9.17, 15) is 9.59 Å². The maximum atomic E-state index is 12.9. The fourth-order valence-electron chi connectivity index (χ4n) is 4.39. The number of carbonyl (C=O) groups excluding carboxylic acids is 2. The SMILES string of the molecule is O=C(C1=NCCS1)N1CCN(C2CN(C(=O)c3ccc(COc4cccc(Cl)c4)cc3)C2)CC1. The number of aliphatic imine (C=N–C) groups is 1. The zero-order valence-electron chi connectivity index (χ0n) is 18.9. The van der Waals surface area contributed by atoms with Crippen LogP contribution in [0, 0.1) is 0 Å². The normalized spacial score (nSPS) is 19.0. The van der Waals surface area contributed by atoms with E-state index in [0.29, 0.717) is 28.3 Å². The van der Waals surface area contributed by atoms with Gasteiger partial charge in [-0.1, -0.05) is 41.6 Å². The van der Waals surface area contributed by atoms with Gasteiger partial charge in [0.25, 0.3) is 11.8 Å². The van der Waals surface area contributed by atoms with E-state index in [2.05, 4.69) is 9.89 Å². The van der Waals surface area contributed by atoms with Crippen molar-refractivity contribution >= 4 is 40.2 Å². The first kappa shape index (κ1) is 23.2. The van der Waals surface area contributed by atoms with E-state index >= 15 is 0 Å². The first-order valence-electron chi connectivity index (χ1n) is 11.5. The highest BCUT2D eigenvalue weighted by Crippen LogP contribution is 2.22. The second-order valence-electron chi connectivity index (χ2n) is 8.67. The second-order valence-corrected chi connectivity index (χ2v) is 10.2. The molecule has 0 aromatic heterocycles. The summed E-state index contributed by atoms with van der Waals surface area (Å²) < 4.78 is 5.77. The van der Waals surface area contributed by atoms with Crippen molar-refractivity contribution in [3.05, 3.63) is 64.7 Å². The lowest BCUT2D eigenvalue weighted by Gasteiger charge is -2.48. The zero-order chi connectivity index (χ0) is 23.5. The number of hydrogen-bond donors (Lipinski definition) is 0. The molecule has 0 unspecified atom stereocenters. The number of halogens is 1. The van der Waals surface area contributed by atoms with Crippen LogP contribution in [0.5, 0.6) is 5.75 Å². The predicted molar refractivity (Wildman–Crippen MR) is 135 cm³/mol. The summed E-state index contributed by atoms with van der Waals surface area (Å²) in [6, 6.07) is 15.3. The highest BCUT2D eigenvalue weighted by molar-refractivity contribution is 8.16. The average molecular weight is 499 g/mol. The predicted octanol–water partition coefficient (Wildman–Crippen LogP) is 3.03. The molecule has 9 heteroatoms. The van der Waals surface area contributed by atoms with Crippen molar-refractivity contribution in [2.24, 2.45) is 4.99 Å². The van der Waals surface area contributed by atoms with E-state index in [1.54, 1.807) is 17.8 Å². The molecule has 2 aromatic carbocycles. The Morgan fingerprint density at radius 2 is 1.76 bits per heavy atom. The molecule has 3 heterocycles. The third kappa shape index (κ3) is 5.24. The monoisotopic (exact) mass is 498 g/mol. The van der Waals surface area contributed by atoms with E-state index in [1.807, 2.05) is 52.3 Å². The van der Waals surface area contributed by atoms with Gasteiger partial charge >= 0.3 is 0 Å². The summed E-state index contributed by atoms with van der Waals surface area (Å²) in [6.45, 7) is 5.76. The molecule has 0 spiro atoms. The summed E-state index contributed by atoms with van der Waals surface area (Å²) in [5, 5.41) is 1.30. The maximum Gasteiger partial charge on any atom is 0.278 e. The molecule has 34 heavy (non-hydrogen) atoms. The minimum absolute atomic E-state index is 0.0589. The highest BCUT2D eigenvalue weighted by Gasteiger charge is 2.37. The van der Waals surface area contributed by atoms with Gasteiger partial charge in [-0.3, -0.25) is 19.5 Å². The molecule has 7 nitrogen and oxygen atoms in total. The van der Waals surface area contributed by atoms with Crippen LogP contribution in [0.15, 0.2) is 53.5 Å². The summed E-state index contributed by atoms with van der Waals surface area (Å²) in [5.74, 6) is 1.76. The van der Waals surface area contributed by atoms with Crippen molar-refractivity contribution in [3.63, 3.8) is 0 Å². The van der Waals surface area contributed by atoms with Gasteiger partial charge in [-0.15, -0.1) is 0 Å². The Morgan fingerprint density at radius 1 is 1.00 bits per heavy atom. The van der Waals surface area contributed by atoms with Crippen LogP contribution in [0.25, 0.3) is 0 Å². The molecule has 0 aliphatic carbocycles. The van der Waals surface area contributed by atoms with E-state index in [0.717, 1.165) is 62.9 Å². The fraction of sp³-hybridized carbons (Fsp3) is 0.400. The average Bonchev–Trinajstić information content (AvgIpc) is 3.37. The topological polar surface area (TPSA) is 65.5 Å². The van der Waals surface area contributed by atoms with Gasteiger partial charge in [-0.05, 0) is 35.9 Å². The Bertz CT molecular complexity index is 1080. The smallest absolute Gasteiger partial charge is 0.278 e. The number of hydrogen-bond acceptors (Lipinski definition) is 6. The van der Waals surface area contributed by atoms with Gasteiger partial charge in [0.15, 0.2) is 5.04 Å². The van der Waals surface area contributed by atoms with Gasteiger partial charge in [-0.25, -0.2) is 0 Å². The van der Waals surface area contributed by atoms with Gasteiger partial charge in [0.05, 0.1) is 0 Å². The van der Waals surface area contributed by atoms with Crippen molar-refractivity contribution < 1.29 is 14.3 Å². The maximum absolute atomic E-state index is 12.9. The van der Waals surface area contributed by atoms with Crippen molar-refractivity contribution in [3.8, 4) is 5.75 Å². The van der Waals surface area contributed by atoms with Crippen LogP contribution < -0.4 is 4.74 Å². The van der Waals surface area contributed by atoms with Crippen LogP contribution in [0.1, 0.15) is 15.9 Å². The minimum Gasteiger partial charge on any atom is -0.489 e. The lowest BCUT2D eigenvalue weighted by molar-refractivity contribution is -0.126. The van der Waals surface area contributed by atoms with E-state index in [4.69, 9.17) is 16.3 Å². The molecule has 5 rings (SSSR count). The standard InChI is InChI=1S/C25H27ClN4O3S/c26-20-2-1-3-22(14-20)33-17-18-4-6-19(7-5-18)24(31)30-15-21(16-30)28-9-11-29(12-10-28)25(32)23-27-8-13-34-23/h1-7,14,21H,8-13,15-17H2. The molecule has 0 bridgehead atoms. The van der Waals surface area contributed by atoms with Crippen LogP contribution in [0.4, 0.5) is 0 Å². The first-order valence-corrected chi connectivity index (χ1v) is 12.9. The first-order chi connectivity index (χ1) is 16.6. The number of carbonyl (C=O) groups is 2. The molecule has 0 saturated carbocycles. The number of ether oxygens (including phenoxy) is 1. The minimum atomic E-state index is 0.0589. The van der Waals surface area contributed by atoms with Crippen molar-refractivity contribution in [2.45, 2.75) is 12.6 Å². The van der Waals surface area contributed by atoms with E-state index in [1.165, 1.54) is 0 Å². The van der Waals surface area contributed by atoms with Crippen molar-refractivity contribution in [1.29, 1.82) is 0 Å². The van der Waals surface area contributed by atoms with Crippen LogP contribution >= 0.6 is 23.4 Å². The Balaban J connectivity index is 1.06. The van der Waals surface area contributed by atoms with E-state index in [-0.39, 0.29) is 11.8 Å². The number of piperazine rings is 1. The molecule has 0 radical (unpaired) electrons. The Hall–Kier alpha value is -2.55. The summed E-state index contributed by atoms with van der Waals surface area (Å²) in [4.78, 5) is 35.9. The molecule has 0 N–H and O–H groups in total. The quantitative estimate of drug-likeness (QED) is 0.612. The molecule has 2 fully saturated rings. The number of nitrogens with zero attached hydrogens (tertiary/aromatic N) is 4. The fourth-order valence-corrected chi connectivity index (χ4v) is 5.38. The molecule has 3 aliphatic rings. The summed E-state index contributed by atoms with van der Waals surface area (Å²) >= 11 is 7.55. The molecular weight excluding hydrogens is 472 g/mol. The lowest BCUT2D eigenvalue weighted by atomic mass is 10.0. The summed E-state index contributed by atoms with van der Waals surface area (Å²) in [7, 11) is 0. The van der Waals surface area contributed by atoms with Gasteiger partial charge in [0, 0.05) is 68.2 Å². The highest BCUT2D eigenvalue weighted by atomic mass is 35.5. The lowest BCUT2D eigenvalue weighted by Crippen LogP contribution is -2.64. The van der Waals surface area contributed by atoms with Crippen molar-refractivity contribution in [2.75, 3.05) is 51.6 Å². The molecule has 0 atom stereocenters. The number of rotatable bonds is 6. The molecule has 3 aliphatic heterocycles. The third-order valence-corrected chi connectivity index (χ3v) is 7.64. The molecule has 2 saturated heterocycles. The third-order valence-electron chi connectivity index (χ3n) is 6.44. The molecule has 2 amide bonds. The number of likely N-dealkylation sites (tertiary alicyclic amines) is 1. The van der Waals surface area contributed by atoms with Crippen LogP contribution in [0.2, 0.25) is 5.02 Å². The Morgan fingerprint density at radius 3 is 2.44 bits per heavy atom. The van der Waals surface area contributed by atoms with Crippen LogP contribution in [-0.2, 0) is 11.4 Å². The van der Waals surface area contributed by atoms with Gasteiger partial charge in [0.2, 0.25) is 0 Å². The van der Waals surface area contributed by atoms with Gasteiger partial charge in [-0.2, -0.15) is 0 Å². The van der Waals surface area contributed by atoms with Crippen molar-refractivity contribution in [1.82, 2.24) is 14.7 Å². The molecule has 2 aromatic rings. The molecular formula is C25H27ClN4O3S. The van der Waals surface area contributed by atoms with Gasteiger partial charge in [0.1, 0.15) is 12.4 Å². The summed E-state index contributed by atoms with van der Waals surface area (Å²) in [6.07, 6.45) is 0.